The molecule has 2 heterocycles. The van der Waals surface area contributed by atoms with Crippen LogP contribution in [-0.4, -0.2) is 40.1 Å². The molecule has 4 heteroatoms. The first kappa shape index (κ1) is 24.6. The van der Waals surface area contributed by atoms with Gasteiger partial charge in [0.15, 0.2) is 0 Å². The Morgan fingerprint density at radius 3 is 1.47 bits per heavy atom. The van der Waals surface area contributed by atoms with Crippen LogP contribution in [0.4, 0.5) is 0 Å². The minimum absolute atomic E-state index is 0.215. The largest absolute Gasteiger partial charge is 0.477 e. The molecule has 2 aliphatic heterocycles. The maximum atomic E-state index is 12.3. The van der Waals surface area contributed by atoms with E-state index in [0.29, 0.717) is 12.5 Å². The Balaban J connectivity index is 1.63. The summed E-state index contributed by atoms with van der Waals surface area (Å²) in [5.74, 6) is 0.698. The summed E-state index contributed by atoms with van der Waals surface area (Å²) in [6.07, 6.45) is 0. The summed E-state index contributed by atoms with van der Waals surface area (Å²) in [7, 11) is 0. The summed E-state index contributed by atoms with van der Waals surface area (Å²) in [5, 5.41) is 12.3. The Morgan fingerprint density at radius 2 is 1.11 bits per heavy atom. The molecule has 4 atom stereocenters. The molecular weight excluding hydrogens is 468 g/mol. The Bertz CT molecular complexity index is 1320. The first-order valence-electron chi connectivity index (χ1n) is 13.3. The summed E-state index contributed by atoms with van der Waals surface area (Å²) in [6.45, 7) is 6.64. The van der Waals surface area contributed by atoms with Crippen molar-refractivity contribution in [3.63, 3.8) is 0 Å². The molecule has 4 aromatic carbocycles. The molecule has 4 aromatic rings. The number of rotatable bonds is 7. The third-order valence-electron chi connectivity index (χ3n) is 7.94. The second-order valence-electron chi connectivity index (χ2n) is 11.2. The third kappa shape index (κ3) is 3.96. The van der Waals surface area contributed by atoms with Crippen molar-refractivity contribution in [3.05, 3.63) is 144 Å². The molecule has 6 rings (SSSR count). The van der Waals surface area contributed by atoms with Crippen LogP contribution in [0.1, 0.15) is 43.0 Å². The van der Waals surface area contributed by atoms with Gasteiger partial charge in [0, 0.05) is 0 Å². The molecule has 192 valence electrons. The van der Waals surface area contributed by atoms with Crippen molar-refractivity contribution in [2.45, 2.75) is 49.5 Å². The van der Waals surface area contributed by atoms with E-state index in [-0.39, 0.29) is 17.6 Å². The van der Waals surface area contributed by atoms with Gasteiger partial charge >= 0.3 is 0 Å². The van der Waals surface area contributed by atoms with Crippen LogP contribution in [-0.2, 0) is 15.9 Å². The molecule has 1 fully saturated rings. The third-order valence-corrected chi connectivity index (χ3v) is 7.94. The van der Waals surface area contributed by atoms with Gasteiger partial charge in [-0.05, 0) is 43.0 Å². The van der Waals surface area contributed by atoms with Gasteiger partial charge in [-0.3, -0.25) is 4.90 Å². The lowest BCUT2D eigenvalue weighted by atomic mass is 9.76. The van der Waals surface area contributed by atoms with Crippen molar-refractivity contribution in [3.8, 4) is 0 Å². The minimum Gasteiger partial charge on any atom is -0.477 e. The average molecular weight is 503 g/mol. The number of benzene rings is 4. The Morgan fingerprint density at radius 1 is 0.711 bits per heavy atom. The molecule has 2 aliphatic rings. The molecule has 4 nitrogen and oxygen atoms in total. The smallest absolute Gasteiger partial charge is 0.203 e. The van der Waals surface area contributed by atoms with E-state index < -0.39 is 11.1 Å². The van der Waals surface area contributed by atoms with Crippen LogP contribution < -0.4 is 0 Å². The fourth-order valence-corrected chi connectivity index (χ4v) is 6.18. The molecule has 0 saturated carbocycles. The van der Waals surface area contributed by atoms with E-state index in [2.05, 4.69) is 91.5 Å². The zero-order chi connectivity index (χ0) is 26.4. The van der Waals surface area contributed by atoms with Gasteiger partial charge in [0.05, 0.1) is 17.1 Å². The standard InChI is InChI=1S/C34H34N2O2/c1-32(2)24-38-31(35-32)29-30(33(3,37)25-16-8-4-9-17-25)36(29)34(26-18-10-5-11-19-26,27-20-12-6-13-21-27)28-22-14-7-15-23-28/h4-23,29-30,37H,24H2,1-3H3/t29-,30+,33+,36?/m0/s1. The minimum atomic E-state index is -1.16. The molecular formula is C34H34N2O2. The number of aliphatic imine (C=N–C) groups is 1. The van der Waals surface area contributed by atoms with Gasteiger partial charge in [-0.2, -0.15) is 0 Å². The molecule has 0 aliphatic carbocycles. The van der Waals surface area contributed by atoms with Gasteiger partial charge in [0.1, 0.15) is 18.2 Å². The van der Waals surface area contributed by atoms with Crippen molar-refractivity contribution < 1.29 is 9.84 Å². The SMILES string of the molecule is CC1(C)COC([C@@H]2[C@H]([C@](C)(O)c3ccccc3)N2C(c2ccccc2)(c2ccccc2)c2ccccc2)=N1. The highest BCUT2D eigenvalue weighted by Crippen LogP contribution is 2.57. The topological polar surface area (TPSA) is 44.8 Å². The summed E-state index contributed by atoms with van der Waals surface area (Å²) >= 11 is 0. The predicted molar refractivity (Wildman–Crippen MR) is 152 cm³/mol. The maximum absolute atomic E-state index is 12.3. The normalized spacial score (nSPS) is 23.7. The van der Waals surface area contributed by atoms with Crippen molar-refractivity contribution in [2.75, 3.05) is 6.61 Å². The van der Waals surface area contributed by atoms with Crippen LogP contribution in [0.2, 0.25) is 0 Å². The van der Waals surface area contributed by atoms with E-state index in [1.165, 1.54) is 0 Å². The zero-order valence-electron chi connectivity index (χ0n) is 22.2. The van der Waals surface area contributed by atoms with Crippen LogP contribution in [0.5, 0.6) is 0 Å². The number of ether oxygens (including phenoxy) is 1. The zero-order valence-corrected chi connectivity index (χ0v) is 22.2. The summed E-state index contributed by atoms with van der Waals surface area (Å²) in [5.41, 5.74) is 2.12. The Kier molecular flexibility index (Phi) is 5.97. The van der Waals surface area contributed by atoms with Crippen molar-refractivity contribution in [2.24, 2.45) is 4.99 Å². The Labute approximate surface area is 225 Å². The Hall–Kier alpha value is -3.73. The van der Waals surface area contributed by atoms with Crippen molar-refractivity contribution in [1.82, 2.24) is 4.90 Å². The molecule has 0 amide bonds. The van der Waals surface area contributed by atoms with E-state index in [9.17, 15) is 5.11 Å². The van der Waals surface area contributed by atoms with Crippen LogP contribution in [0.25, 0.3) is 0 Å². The second-order valence-corrected chi connectivity index (χ2v) is 11.2. The van der Waals surface area contributed by atoms with Crippen LogP contribution >= 0.6 is 0 Å². The number of hydrogen-bond acceptors (Lipinski definition) is 4. The fourth-order valence-electron chi connectivity index (χ4n) is 6.18. The highest BCUT2D eigenvalue weighted by atomic mass is 16.5. The van der Waals surface area contributed by atoms with Crippen molar-refractivity contribution >= 4 is 5.90 Å². The lowest BCUT2D eigenvalue weighted by Crippen LogP contribution is -2.43. The van der Waals surface area contributed by atoms with E-state index in [4.69, 9.17) is 9.73 Å². The van der Waals surface area contributed by atoms with Gasteiger partial charge in [0.25, 0.3) is 0 Å². The quantitative estimate of drug-likeness (QED) is 0.244. The summed E-state index contributed by atoms with van der Waals surface area (Å²) in [4.78, 5) is 7.44. The molecule has 38 heavy (non-hydrogen) atoms. The number of aliphatic hydroxyl groups is 1. The molecule has 1 N–H and O–H groups in total. The first-order valence-corrected chi connectivity index (χ1v) is 13.3. The second kappa shape index (κ2) is 9.23. The summed E-state index contributed by atoms with van der Waals surface area (Å²) in [6, 6.07) is 41.3. The fraction of sp³-hybridized carbons (Fsp3) is 0.265. The van der Waals surface area contributed by atoms with Gasteiger partial charge in [-0.1, -0.05) is 121 Å². The lowest BCUT2D eigenvalue weighted by molar-refractivity contribution is 0.0333. The molecule has 0 radical (unpaired) electrons. The predicted octanol–water partition coefficient (Wildman–Crippen LogP) is 6.15. The van der Waals surface area contributed by atoms with Crippen LogP contribution in [0.3, 0.4) is 0 Å². The highest BCUT2D eigenvalue weighted by Gasteiger charge is 2.69. The lowest BCUT2D eigenvalue weighted by Gasteiger charge is -2.40. The van der Waals surface area contributed by atoms with Gasteiger partial charge in [0.2, 0.25) is 5.90 Å². The average Bonchev–Trinajstić information content (AvgIpc) is 3.60. The number of nitrogens with zero attached hydrogens (tertiary/aromatic N) is 2. The van der Waals surface area contributed by atoms with Gasteiger partial charge in [-0.25, -0.2) is 4.99 Å². The molecule has 1 saturated heterocycles. The van der Waals surface area contributed by atoms with Crippen LogP contribution in [0, 0.1) is 0 Å². The molecule has 0 bridgehead atoms. The van der Waals surface area contributed by atoms with Crippen LogP contribution in [0.15, 0.2) is 126 Å². The van der Waals surface area contributed by atoms with Gasteiger partial charge in [-0.15, -0.1) is 0 Å². The molecule has 0 spiro atoms. The van der Waals surface area contributed by atoms with Gasteiger partial charge < -0.3 is 9.84 Å². The van der Waals surface area contributed by atoms with Crippen molar-refractivity contribution in [1.29, 1.82) is 0 Å². The first-order chi connectivity index (χ1) is 18.4. The monoisotopic (exact) mass is 502 g/mol. The van der Waals surface area contributed by atoms with E-state index in [1.807, 2.05) is 55.5 Å². The highest BCUT2D eigenvalue weighted by molar-refractivity contribution is 5.88. The number of hydrogen-bond donors (Lipinski definition) is 1. The van der Waals surface area contributed by atoms with E-state index in [1.54, 1.807) is 0 Å². The molecule has 1 unspecified atom stereocenters. The molecule has 0 aromatic heterocycles. The van der Waals surface area contributed by atoms with E-state index in [0.717, 1.165) is 22.3 Å². The maximum Gasteiger partial charge on any atom is 0.203 e. The summed E-state index contributed by atoms with van der Waals surface area (Å²) < 4.78 is 6.28. The van der Waals surface area contributed by atoms with E-state index >= 15 is 0 Å².